The lowest BCUT2D eigenvalue weighted by atomic mass is 10.0. The average Bonchev–Trinajstić information content (AvgIpc) is 1.99. The van der Waals surface area contributed by atoms with E-state index < -0.39 is 12.2 Å². The quantitative estimate of drug-likeness (QED) is 0.545. The second kappa shape index (κ2) is 3.49. The predicted molar refractivity (Wildman–Crippen MR) is 38.0 cm³/mol. The molecule has 1 aliphatic heterocycles. The van der Waals surface area contributed by atoms with E-state index in [0.717, 1.165) is 0 Å². The Bertz CT molecular complexity index is 116. The highest BCUT2D eigenvalue weighted by atomic mass is 16.7. The lowest BCUT2D eigenvalue weighted by molar-refractivity contribution is -0.237. The number of methoxy groups -OCH3 is 1. The molecule has 1 saturated heterocycles. The van der Waals surface area contributed by atoms with Crippen LogP contribution in [0.1, 0.15) is 13.3 Å². The van der Waals surface area contributed by atoms with Gasteiger partial charge in [-0.1, -0.05) is 0 Å². The molecule has 1 heterocycles. The molecule has 0 amide bonds. The van der Waals surface area contributed by atoms with E-state index >= 15 is 0 Å². The van der Waals surface area contributed by atoms with Gasteiger partial charge in [-0.3, -0.25) is 0 Å². The van der Waals surface area contributed by atoms with Gasteiger partial charge in [0.25, 0.3) is 0 Å². The first-order chi connectivity index (χ1) is 5.15. The van der Waals surface area contributed by atoms with Crippen LogP contribution >= 0.6 is 0 Å². The van der Waals surface area contributed by atoms with E-state index in [1.807, 2.05) is 0 Å². The Morgan fingerprint density at radius 1 is 1.45 bits per heavy atom. The van der Waals surface area contributed by atoms with E-state index in [0.29, 0.717) is 6.42 Å². The molecular formula is C7H14O4. The Morgan fingerprint density at radius 2 is 2.09 bits per heavy atom. The topological polar surface area (TPSA) is 58.9 Å². The second-order valence-electron chi connectivity index (χ2n) is 2.80. The minimum absolute atomic E-state index is 0.335. The van der Waals surface area contributed by atoms with Gasteiger partial charge < -0.3 is 19.7 Å². The van der Waals surface area contributed by atoms with E-state index in [1.54, 1.807) is 6.92 Å². The summed E-state index contributed by atoms with van der Waals surface area (Å²) in [6.07, 6.45) is -1.93. The van der Waals surface area contributed by atoms with Crippen LogP contribution in [0.2, 0.25) is 0 Å². The Morgan fingerprint density at radius 3 is 2.55 bits per heavy atom. The van der Waals surface area contributed by atoms with Crippen LogP contribution in [0.25, 0.3) is 0 Å². The summed E-state index contributed by atoms with van der Waals surface area (Å²) in [5.74, 6) is 0. The standard InChI is InChI=1S/C7H14O4/c1-4-7(9)5(8)3-6(10-2)11-4/h4-9H,3H2,1-2H3/t4-,5-,6-,7-/m1/s1. The summed E-state index contributed by atoms with van der Waals surface area (Å²) in [4.78, 5) is 0. The highest BCUT2D eigenvalue weighted by Gasteiger charge is 2.33. The van der Waals surface area contributed by atoms with Gasteiger partial charge >= 0.3 is 0 Å². The smallest absolute Gasteiger partial charge is 0.160 e. The van der Waals surface area contributed by atoms with Gasteiger partial charge in [0.1, 0.15) is 6.10 Å². The molecule has 0 saturated carbocycles. The zero-order valence-electron chi connectivity index (χ0n) is 6.73. The molecule has 11 heavy (non-hydrogen) atoms. The number of rotatable bonds is 1. The Kier molecular flexibility index (Phi) is 2.84. The van der Waals surface area contributed by atoms with E-state index in [1.165, 1.54) is 7.11 Å². The Labute approximate surface area is 65.7 Å². The molecule has 4 heteroatoms. The number of aliphatic hydroxyl groups excluding tert-OH is 2. The molecule has 0 bridgehead atoms. The van der Waals surface area contributed by atoms with Crippen molar-refractivity contribution in [3.63, 3.8) is 0 Å². The number of aliphatic hydroxyl groups is 2. The van der Waals surface area contributed by atoms with Crippen LogP contribution in [0.15, 0.2) is 0 Å². The lowest BCUT2D eigenvalue weighted by Crippen LogP contribution is -2.47. The Hall–Kier alpha value is -0.160. The largest absolute Gasteiger partial charge is 0.390 e. The lowest BCUT2D eigenvalue weighted by Gasteiger charge is -2.34. The fraction of sp³-hybridized carbons (Fsp3) is 1.00. The molecule has 4 nitrogen and oxygen atoms in total. The molecule has 2 N–H and O–H groups in total. The number of hydrogen-bond acceptors (Lipinski definition) is 4. The van der Waals surface area contributed by atoms with Gasteiger partial charge in [-0.2, -0.15) is 0 Å². The van der Waals surface area contributed by atoms with E-state index in [-0.39, 0.29) is 12.4 Å². The van der Waals surface area contributed by atoms with Crippen LogP contribution in [0.5, 0.6) is 0 Å². The molecule has 0 aromatic carbocycles. The maximum absolute atomic E-state index is 9.24. The molecule has 0 aromatic heterocycles. The maximum atomic E-state index is 9.24. The maximum Gasteiger partial charge on any atom is 0.160 e. The van der Waals surface area contributed by atoms with Crippen LogP contribution in [0.3, 0.4) is 0 Å². The third-order valence-electron chi connectivity index (χ3n) is 1.94. The fourth-order valence-electron chi connectivity index (χ4n) is 1.18. The monoisotopic (exact) mass is 162 g/mol. The van der Waals surface area contributed by atoms with E-state index in [9.17, 15) is 10.2 Å². The van der Waals surface area contributed by atoms with Crippen LogP contribution in [0.4, 0.5) is 0 Å². The van der Waals surface area contributed by atoms with Crippen molar-refractivity contribution in [3.05, 3.63) is 0 Å². The SMILES string of the molecule is CO[C@H]1C[C@@H](O)[C@H](O)[C@@H](C)O1. The highest BCUT2D eigenvalue weighted by molar-refractivity contribution is 4.79. The average molecular weight is 162 g/mol. The molecule has 0 aliphatic carbocycles. The fourth-order valence-corrected chi connectivity index (χ4v) is 1.18. The van der Waals surface area contributed by atoms with Gasteiger partial charge in [-0.15, -0.1) is 0 Å². The molecule has 4 atom stereocenters. The minimum Gasteiger partial charge on any atom is -0.390 e. The minimum atomic E-state index is -0.790. The van der Waals surface area contributed by atoms with Gasteiger partial charge in [-0.25, -0.2) is 0 Å². The summed E-state index contributed by atoms with van der Waals surface area (Å²) in [5, 5.41) is 18.5. The van der Waals surface area contributed by atoms with Crippen molar-refractivity contribution in [1.29, 1.82) is 0 Å². The molecule has 0 spiro atoms. The molecule has 0 radical (unpaired) electrons. The van der Waals surface area contributed by atoms with Crippen LogP contribution < -0.4 is 0 Å². The first-order valence-electron chi connectivity index (χ1n) is 3.69. The highest BCUT2D eigenvalue weighted by Crippen LogP contribution is 2.19. The summed E-state index contributed by atoms with van der Waals surface area (Å²) >= 11 is 0. The van der Waals surface area contributed by atoms with Crippen LogP contribution in [-0.4, -0.2) is 41.9 Å². The molecule has 1 rings (SSSR count). The van der Waals surface area contributed by atoms with E-state index in [2.05, 4.69) is 0 Å². The summed E-state index contributed by atoms with van der Waals surface area (Å²) in [6.45, 7) is 1.71. The first-order valence-corrected chi connectivity index (χ1v) is 3.69. The number of hydrogen-bond donors (Lipinski definition) is 2. The van der Waals surface area contributed by atoms with Crippen molar-refractivity contribution in [2.24, 2.45) is 0 Å². The predicted octanol–water partition coefficient (Wildman–Crippen LogP) is -0.510. The van der Waals surface area contributed by atoms with Crippen molar-refractivity contribution < 1.29 is 19.7 Å². The number of ether oxygens (including phenoxy) is 2. The summed E-state index contributed by atoms with van der Waals surface area (Å²) in [6, 6.07) is 0. The van der Waals surface area contributed by atoms with Crippen LogP contribution in [-0.2, 0) is 9.47 Å². The Balaban J connectivity index is 2.47. The summed E-state index contributed by atoms with van der Waals surface area (Å²) < 4.78 is 10.1. The first kappa shape index (κ1) is 8.93. The molecular weight excluding hydrogens is 148 g/mol. The normalized spacial score (nSPS) is 45.8. The van der Waals surface area contributed by atoms with Gasteiger partial charge in [0, 0.05) is 13.5 Å². The molecule has 1 fully saturated rings. The summed E-state index contributed by atoms with van der Waals surface area (Å²) in [7, 11) is 1.52. The molecule has 0 aromatic rings. The van der Waals surface area contributed by atoms with Crippen molar-refractivity contribution in [3.8, 4) is 0 Å². The van der Waals surface area contributed by atoms with Crippen molar-refractivity contribution in [2.45, 2.75) is 37.9 Å². The zero-order chi connectivity index (χ0) is 8.43. The van der Waals surface area contributed by atoms with Gasteiger partial charge in [-0.05, 0) is 6.92 Å². The van der Waals surface area contributed by atoms with Crippen molar-refractivity contribution in [2.75, 3.05) is 7.11 Å². The third-order valence-corrected chi connectivity index (χ3v) is 1.94. The van der Waals surface area contributed by atoms with E-state index in [4.69, 9.17) is 9.47 Å². The van der Waals surface area contributed by atoms with Crippen molar-refractivity contribution >= 4 is 0 Å². The second-order valence-corrected chi connectivity index (χ2v) is 2.80. The zero-order valence-corrected chi connectivity index (χ0v) is 6.73. The molecule has 0 unspecified atom stereocenters. The van der Waals surface area contributed by atoms with Crippen molar-refractivity contribution in [1.82, 2.24) is 0 Å². The van der Waals surface area contributed by atoms with Gasteiger partial charge in [0.2, 0.25) is 0 Å². The summed E-state index contributed by atoms with van der Waals surface area (Å²) in [5.41, 5.74) is 0. The van der Waals surface area contributed by atoms with Crippen LogP contribution in [0, 0.1) is 0 Å². The molecule has 66 valence electrons. The third kappa shape index (κ3) is 1.90. The van der Waals surface area contributed by atoms with Gasteiger partial charge in [0.05, 0.1) is 12.2 Å². The molecule has 1 aliphatic rings. The van der Waals surface area contributed by atoms with Gasteiger partial charge in [0.15, 0.2) is 6.29 Å².